The van der Waals surface area contributed by atoms with Crippen molar-refractivity contribution >= 4 is 25.8 Å². The molecule has 0 aliphatic carbocycles. The lowest BCUT2D eigenvalue weighted by molar-refractivity contribution is 0.445. The molecular formula is C9H17BrO2S. The van der Waals surface area contributed by atoms with Crippen LogP contribution in [0, 0.1) is 5.41 Å². The van der Waals surface area contributed by atoms with Crippen molar-refractivity contribution in [2.75, 3.05) is 17.3 Å². The topological polar surface area (TPSA) is 34.1 Å². The zero-order valence-corrected chi connectivity index (χ0v) is 10.6. The van der Waals surface area contributed by atoms with Crippen LogP contribution in [0.2, 0.25) is 0 Å². The molecule has 4 heteroatoms. The van der Waals surface area contributed by atoms with Crippen LogP contribution in [0.3, 0.4) is 0 Å². The molecule has 0 N–H and O–H groups in total. The summed E-state index contributed by atoms with van der Waals surface area (Å²) in [5, 5.41) is 0.827. The minimum Gasteiger partial charge on any atom is -0.229 e. The first-order valence-corrected chi connectivity index (χ1v) is 7.38. The normalized spacial score (nSPS) is 16.5. The Morgan fingerprint density at radius 1 is 1.54 bits per heavy atom. The quantitative estimate of drug-likeness (QED) is 0.548. The molecule has 0 heterocycles. The van der Waals surface area contributed by atoms with Crippen LogP contribution in [0.5, 0.6) is 0 Å². The SMILES string of the molecule is C=CC(C)(CBr)CCCS(C)(=O)=O. The molecule has 0 aliphatic rings. The van der Waals surface area contributed by atoms with Gasteiger partial charge in [0.15, 0.2) is 0 Å². The third-order valence-corrected chi connectivity index (χ3v) is 4.37. The molecule has 0 radical (unpaired) electrons. The summed E-state index contributed by atoms with van der Waals surface area (Å²) in [6, 6.07) is 0. The van der Waals surface area contributed by atoms with Crippen molar-refractivity contribution in [3.05, 3.63) is 12.7 Å². The zero-order valence-electron chi connectivity index (χ0n) is 8.22. The second-order valence-corrected chi connectivity index (χ2v) is 6.55. The van der Waals surface area contributed by atoms with Gasteiger partial charge in [0.25, 0.3) is 0 Å². The Labute approximate surface area is 89.5 Å². The van der Waals surface area contributed by atoms with Gasteiger partial charge in [-0.05, 0) is 18.3 Å². The Morgan fingerprint density at radius 3 is 2.38 bits per heavy atom. The van der Waals surface area contributed by atoms with Crippen LogP contribution in [0.1, 0.15) is 19.8 Å². The van der Waals surface area contributed by atoms with E-state index in [-0.39, 0.29) is 11.2 Å². The molecule has 0 bridgehead atoms. The summed E-state index contributed by atoms with van der Waals surface area (Å²) in [5.74, 6) is 0.267. The summed E-state index contributed by atoms with van der Waals surface area (Å²) in [6.07, 6.45) is 4.71. The van der Waals surface area contributed by atoms with Crippen LogP contribution in [0.25, 0.3) is 0 Å². The number of alkyl halides is 1. The molecule has 0 saturated heterocycles. The van der Waals surface area contributed by atoms with Crippen molar-refractivity contribution in [3.8, 4) is 0 Å². The van der Waals surface area contributed by atoms with E-state index in [2.05, 4.69) is 29.4 Å². The lowest BCUT2D eigenvalue weighted by atomic mass is 9.88. The summed E-state index contributed by atoms with van der Waals surface area (Å²) in [6.45, 7) is 5.81. The molecule has 13 heavy (non-hydrogen) atoms. The number of allylic oxidation sites excluding steroid dienone is 1. The maximum absolute atomic E-state index is 10.9. The molecule has 0 aromatic rings. The molecule has 0 aliphatic heterocycles. The van der Waals surface area contributed by atoms with Crippen LogP contribution in [0.15, 0.2) is 12.7 Å². The van der Waals surface area contributed by atoms with E-state index in [1.54, 1.807) is 0 Å². The van der Waals surface area contributed by atoms with E-state index in [9.17, 15) is 8.42 Å². The van der Waals surface area contributed by atoms with E-state index in [1.807, 2.05) is 6.08 Å². The maximum Gasteiger partial charge on any atom is 0.147 e. The second kappa shape index (κ2) is 5.15. The average Bonchev–Trinajstić information content (AvgIpc) is 2.02. The smallest absolute Gasteiger partial charge is 0.147 e. The first-order valence-electron chi connectivity index (χ1n) is 4.20. The Morgan fingerprint density at radius 2 is 2.08 bits per heavy atom. The van der Waals surface area contributed by atoms with Crippen LogP contribution >= 0.6 is 15.9 Å². The third-order valence-electron chi connectivity index (χ3n) is 2.06. The molecule has 0 aromatic carbocycles. The predicted octanol–water partition coefficient (Wildman–Crippen LogP) is 2.40. The summed E-state index contributed by atoms with van der Waals surface area (Å²) in [5.41, 5.74) is 0.0185. The van der Waals surface area contributed by atoms with Gasteiger partial charge in [-0.25, -0.2) is 8.42 Å². The van der Waals surface area contributed by atoms with Crippen molar-refractivity contribution in [2.24, 2.45) is 5.41 Å². The highest BCUT2D eigenvalue weighted by Gasteiger charge is 2.18. The van der Waals surface area contributed by atoms with Gasteiger partial charge in [0.1, 0.15) is 9.84 Å². The molecule has 0 fully saturated rings. The monoisotopic (exact) mass is 268 g/mol. The van der Waals surface area contributed by atoms with Crippen LogP contribution in [0.4, 0.5) is 0 Å². The van der Waals surface area contributed by atoms with Crippen molar-refractivity contribution in [3.63, 3.8) is 0 Å². The number of hydrogen-bond donors (Lipinski definition) is 0. The van der Waals surface area contributed by atoms with Gasteiger partial charge in [0.05, 0.1) is 0 Å². The lowest BCUT2D eigenvalue weighted by Gasteiger charge is -2.22. The van der Waals surface area contributed by atoms with Gasteiger partial charge in [0.2, 0.25) is 0 Å². The molecule has 0 rings (SSSR count). The lowest BCUT2D eigenvalue weighted by Crippen LogP contribution is -2.16. The van der Waals surface area contributed by atoms with E-state index in [0.717, 1.165) is 11.8 Å². The van der Waals surface area contributed by atoms with Gasteiger partial charge in [-0.15, -0.1) is 6.58 Å². The average molecular weight is 269 g/mol. The molecule has 0 saturated carbocycles. The molecule has 0 spiro atoms. The summed E-state index contributed by atoms with van der Waals surface area (Å²) < 4.78 is 21.7. The van der Waals surface area contributed by atoms with Gasteiger partial charge in [-0.1, -0.05) is 28.9 Å². The molecule has 1 unspecified atom stereocenters. The predicted molar refractivity (Wildman–Crippen MR) is 61.0 cm³/mol. The summed E-state index contributed by atoms with van der Waals surface area (Å²) in [4.78, 5) is 0. The highest BCUT2D eigenvalue weighted by atomic mass is 79.9. The summed E-state index contributed by atoms with van der Waals surface area (Å²) >= 11 is 3.39. The first-order chi connectivity index (χ1) is 5.83. The highest BCUT2D eigenvalue weighted by Crippen LogP contribution is 2.26. The number of sulfone groups is 1. The van der Waals surface area contributed by atoms with Gasteiger partial charge in [-0.2, -0.15) is 0 Å². The van der Waals surface area contributed by atoms with Crippen molar-refractivity contribution in [1.29, 1.82) is 0 Å². The fourth-order valence-corrected chi connectivity index (χ4v) is 2.14. The van der Waals surface area contributed by atoms with E-state index >= 15 is 0 Å². The standard InChI is InChI=1S/C9H17BrO2S/c1-4-9(2,8-10)6-5-7-13(3,11)12/h4H,1,5-8H2,2-3H3. The number of halogens is 1. The van der Waals surface area contributed by atoms with Crippen LogP contribution in [-0.2, 0) is 9.84 Å². The largest absolute Gasteiger partial charge is 0.229 e. The van der Waals surface area contributed by atoms with Gasteiger partial charge in [0, 0.05) is 17.3 Å². The van der Waals surface area contributed by atoms with Gasteiger partial charge >= 0.3 is 0 Å². The zero-order chi connectivity index (χ0) is 10.5. The molecular weight excluding hydrogens is 252 g/mol. The van der Waals surface area contributed by atoms with E-state index in [0.29, 0.717) is 6.42 Å². The Balaban J connectivity index is 3.95. The fraction of sp³-hybridized carbons (Fsp3) is 0.778. The van der Waals surface area contributed by atoms with E-state index in [1.165, 1.54) is 6.26 Å². The molecule has 1 atom stereocenters. The van der Waals surface area contributed by atoms with Crippen LogP contribution < -0.4 is 0 Å². The number of rotatable bonds is 6. The third kappa shape index (κ3) is 6.27. The Kier molecular flexibility index (Phi) is 5.22. The Hall–Kier alpha value is 0.170. The fourth-order valence-electron chi connectivity index (χ4n) is 0.962. The maximum atomic E-state index is 10.9. The van der Waals surface area contributed by atoms with Crippen molar-refractivity contribution in [2.45, 2.75) is 19.8 Å². The van der Waals surface area contributed by atoms with Crippen LogP contribution in [-0.4, -0.2) is 25.8 Å². The van der Waals surface area contributed by atoms with E-state index < -0.39 is 9.84 Å². The minimum atomic E-state index is -2.81. The highest BCUT2D eigenvalue weighted by molar-refractivity contribution is 9.09. The van der Waals surface area contributed by atoms with Gasteiger partial charge in [-0.3, -0.25) is 0 Å². The molecule has 78 valence electrons. The number of hydrogen-bond acceptors (Lipinski definition) is 2. The molecule has 0 aromatic heterocycles. The van der Waals surface area contributed by atoms with Crippen molar-refractivity contribution < 1.29 is 8.42 Å². The Bertz CT molecular complexity index is 259. The summed E-state index contributed by atoms with van der Waals surface area (Å²) in [7, 11) is -2.81. The van der Waals surface area contributed by atoms with Crippen molar-refractivity contribution in [1.82, 2.24) is 0 Å². The molecule has 2 nitrogen and oxygen atoms in total. The first kappa shape index (κ1) is 13.2. The molecule has 0 amide bonds. The van der Waals surface area contributed by atoms with E-state index in [4.69, 9.17) is 0 Å². The second-order valence-electron chi connectivity index (χ2n) is 3.73. The van der Waals surface area contributed by atoms with Gasteiger partial charge < -0.3 is 0 Å². The minimum absolute atomic E-state index is 0.0185.